The Balaban J connectivity index is 1.58. The largest absolute Gasteiger partial charge is 0.384 e. The molecule has 22 heavy (non-hydrogen) atoms. The fourth-order valence-corrected chi connectivity index (χ4v) is 3.82. The van der Waals surface area contributed by atoms with Gasteiger partial charge in [0.2, 0.25) is 0 Å². The summed E-state index contributed by atoms with van der Waals surface area (Å²) in [6, 6.07) is 12.1. The van der Waals surface area contributed by atoms with Crippen molar-refractivity contribution in [2.24, 2.45) is 0 Å². The van der Waals surface area contributed by atoms with E-state index in [1.165, 1.54) is 0 Å². The molecule has 2 heterocycles. The summed E-state index contributed by atoms with van der Waals surface area (Å²) in [6.07, 6.45) is 0. The van der Waals surface area contributed by atoms with E-state index in [9.17, 15) is 5.11 Å². The summed E-state index contributed by atoms with van der Waals surface area (Å²) in [6.45, 7) is 2.99. The Kier molecular flexibility index (Phi) is 4.69. The van der Waals surface area contributed by atoms with Gasteiger partial charge in [-0.3, -0.25) is 0 Å². The Morgan fingerprint density at radius 2 is 2.00 bits per heavy atom. The normalized spacial score (nSPS) is 13.9. The predicted octanol–water partition coefficient (Wildman–Crippen LogP) is 3.87. The molecule has 3 nitrogen and oxygen atoms in total. The van der Waals surface area contributed by atoms with Gasteiger partial charge in [-0.05, 0) is 29.3 Å². The third kappa shape index (κ3) is 3.62. The molecule has 0 aliphatic rings. The summed E-state index contributed by atoms with van der Waals surface area (Å²) in [5.74, 6) is 0. The standard InChI is InChI=1S/C17H18N2OS2/c1-17(20,14-7-8-21-10-14)12-18-9-15-11-22-16(19-15)13-5-3-2-4-6-13/h2-8,10-11,18,20H,9,12H2,1H3. The SMILES string of the molecule is CC(O)(CNCc1csc(-c2ccccc2)n1)c1ccsc1. The number of benzene rings is 1. The predicted molar refractivity (Wildman–Crippen MR) is 93.1 cm³/mol. The third-order valence-electron chi connectivity index (χ3n) is 3.49. The van der Waals surface area contributed by atoms with Crippen LogP contribution in [0.1, 0.15) is 18.2 Å². The molecule has 0 aliphatic heterocycles. The number of hydrogen-bond donors (Lipinski definition) is 2. The fraction of sp³-hybridized carbons (Fsp3) is 0.235. The minimum atomic E-state index is -0.849. The molecule has 3 aromatic rings. The van der Waals surface area contributed by atoms with Gasteiger partial charge >= 0.3 is 0 Å². The van der Waals surface area contributed by atoms with E-state index in [0.29, 0.717) is 13.1 Å². The van der Waals surface area contributed by atoms with Gasteiger partial charge in [0.1, 0.15) is 5.01 Å². The summed E-state index contributed by atoms with van der Waals surface area (Å²) in [4.78, 5) is 4.64. The molecule has 0 saturated heterocycles. The molecule has 1 unspecified atom stereocenters. The first-order valence-corrected chi connectivity index (χ1v) is 8.93. The lowest BCUT2D eigenvalue weighted by Crippen LogP contribution is -2.34. The van der Waals surface area contributed by atoms with Crippen LogP contribution < -0.4 is 5.32 Å². The highest BCUT2D eigenvalue weighted by Crippen LogP contribution is 2.24. The molecule has 3 rings (SSSR count). The van der Waals surface area contributed by atoms with Crippen molar-refractivity contribution >= 4 is 22.7 Å². The topological polar surface area (TPSA) is 45.1 Å². The molecule has 1 atom stereocenters. The lowest BCUT2D eigenvalue weighted by molar-refractivity contribution is 0.0570. The Hall–Kier alpha value is -1.53. The second-order valence-corrected chi connectivity index (χ2v) is 7.04. The van der Waals surface area contributed by atoms with Crippen molar-refractivity contribution < 1.29 is 5.11 Å². The lowest BCUT2D eigenvalue weighted by atomic mass is 9.99. The van der Waals surface area contributed by atoms with E-state index in [1.807, 2.05) is 41.9 Å². The molecular formula is C17H18N2OS2. The zero-order valence-corrected chi connectivity index (χ0v) is 14.0. The van der Waals surface area contributed by atoms with Gasteiger partial charge in [-0.2, -0.15) is 11.3 Å². The molecule has 0 aliphatic carbocycles. The zero-order chi connectivity index (χ0) is 15.4. The van der Waals surface area contributed by atoms with Crippen LogP contribution in [0.15, 0.2) is 52.5 Å². The first-order valence-electron chi connectivity index (χ1n) is 7.11. The minimum absolute atomic E-state index is 0.502. The summed E-state index contributed by atoms with van der Waals surface area (Å²) < 4.78 is 0. The van der Waals surface area contributed by atoms with Crippen LogP contribution in [0.3, 0.4) is 0 Å². The van der Waals surface area contributed by atoms with Gasteiger partial charge < -0.3 is 10.4 Å². The van der Waals surface area contributed by atoms with E-state index in [2.05, 4.69) is 27.8 Å². The van der Waals surface area contributed by atoms with Crippen LogP contribution >= 0.6 is 22.7 Å². The van der Waals surface area contributed by atoms with Crippen molar-refractivity contribution in [3.05, 3.63) is 63.8 Å². The van der Waals surface area contributed by atoms with Crippen LogP contribution in [0.4, 0.5) is 0 Å². The van der Waals surface area contributed by atoms with Crippen molar-refractivity contribution in [3.8, 4) is 10.6 Å². The van der Waals surface area contributed by atoms with Crippen molar-refractivity contribution in [2.75, 3.05) is 6.54 Å². The van der Waals surface area contributed by atoms with Crippen LogP contribution in [-0.2, 0) is 12.1 Å². The van der Waals surface area contributed by atoms with Crippen molar-refractivity contribution in [2.45, 2.75) is 19.1 Å². The first-order chi connectivity index (χ1) is 10.6. The van der Waals surface area contributed by atoms with Gasteiger partial charge in [-0.25, -0.2) is 4.98 Å². The summed E-state index contributed by atoms with van der Waals surface area (Å²) in [5.41, 5.74) is 2.25. The van der Waals surface area contributed by atoms with Gasteiger partial charge in [-0.15, -0.1) is 11.3 Å². The van der Waals surface area contributed by atoms with E-state index in [-0.39, 0.29) is 0 Å². The molecule has 0 bridgehead atoms. The smallest absolute Gasteiger partial charge is 0.123 e. The van der Waals surface area contributed by atoms with Crippen LogP contribution in [0.5, 0.6) is 0 Å². The molecule has 5 heteroatoms. The Labute approximate surface area is 138 Å². The number of thiazole rings is 1. The highest BCUT2D eigenvalue weighted by Gasteiger charge is 2.22. The molecule has 1 aromatic carbocycles. The number of thiophene rings is 1. The molecule has 114 valence electrons. The maximum atomic E-state index is 10.5. The third-order valence-corrected chi connectivity index (χ3v) is 5.11. The number of nitrogens with zero attached hydrogens (tertiary/aromatic N) is 1. The van der Waals surface area contributed by atoms with Crippen LogP contribution in [-0.4, -0.2) is 16.6 Å². The van der Waals surface area contributed by atoms with Gasteiger partial charge in [0.25, 0.3) is 0 Å². The van der Waals surface area contributed by atoms with E-state index >= 15 is 0 Å². The van der Waals surface area contributed by atoms with Gasteiger partial charge in [0.15, 0.2) is 0 Å². The van der Waals surface area contributed by atoms with E-state index in [4.69, 9.17) is 0 Å². The van der Waals surface area contributed by atoms with Gasteiger partial charge in [0, 0.05) is 24.0 Å². The second-order valence-electron chi connectivity index (χ2n) is 5.40. The number of aromatic nitrogens is 1. The summed E-state index contributed by atoms with van der Waals surface area (Å²) in [5, 5.41) is 20.8. The van der Waals surface area contributed by atoms with Crippen LogP contribution in [0.25, 0.3) is 10.6 Å². The molecule has 0 amide bonds. The van der Waals surface area contributed by atoms with Gasteiger partial charge in [0.05, 0.1) is 11.3 Å². The Morgan fingerprint density at radius 3 is 2.73 bits per heavy atom. The van der Waals surface area contributed by atoms with E-state index in [0.717, 1.165) is 21.8 Å². The highest BCUT2D eigenvalue weighted by molar-refractivity contribution is 7.13. The average Bonchev–Trinajstić information content (AvgIpc) is 3.20. The van der Waals surface area contributed by atoms with Crippen molar-refractivity contribution in [1.29, 1.82) is 0 Å². The molecule has 0 fully saturated rings. The first kappa shape index (κ1) is 15.4. The second kappa shape index (κ2) is 6.71. The molecule has 0 radical (unpaired) electrons. The summed E-state index contributed by atoms with van der Waals surface area (Å²) >= 11 is 3.25. The Bertz CT molecular complexity index is 705. The Morgan fingerprint density at radius 1 is 1.18 bits per heavy atom. The molecule has 2 aromatic heterocycles. The number of hydrogen-bond acceptors (Lipinski definition) is 5. The molecule has 2 N–H and O–H groups in total. The monoisotopic (exact) mass is 330 g/mol. The lowest BCUT2D eigenvalue weighted by Gasteiger charge is -2.22. The van der Waals surface area contributed by atoms with Gasteiger partial charge in [-0.1, -0.05) is 30.3 Å². The summed E-state index contributed by atoms with van der Waals surface area (Å²) in [7, 11) is 0. The quantitative estimate of drug-likeness (QED) is 0.721. The van der Waals surface area contributed by atoms with Crippen LogP contribution in [0.2, 0.25) is 0 Å². The van der Waals surface area contributed by atoms with Crippen molar-refractivity contribution in [1.82, 2.24) is 10.3 Å². The average molecular weight is 330 g/mol. The molecular weight excluding hydrogens is 312 g/mol. The minimum Gasteiger partial charge on any atom is -0.384 e. The van der Waals surface area contributed by atoms with Crippen LogP contribution in [0, 0.1) is 0 Å². The number of rotatable bonds is 6. The fourth-order valence-electron chi connectivity index (χ4n) is 2.21. The number of aliphatic hydroxyl groups is 1. The van der Waals surface area contributed by atoms with Crippen molar-refractivity contribution in [3.63, 3.8) is 0 Å². The molecule has 0 spiro atoms. The maximum Gasteiger partial charge on any atom is 0.123 e. The highest BCUT2D eigenvalue weighted by atomic mass is 32.1. The van der Waals surface area contributed by atoms with E-state index < -0.39 is 5.60 Å². The maximum absolute atomic E-state index is 10.5. The van der Waals surface area contributed by atoms with E-state index in [1.54, 1.807) is 22.7 Å². The number of nitrogens with one attached hydrogen (secondary N) is 1. The zero-order valence-electron chi connectivity index (χ0n) is 12.3. The molecule has 0 saturated carbocycles.